The number of nitrogens with zero attached hydrogens (tertiary/aromatic N) is 2. The maximum Gasteiger partial charge on any atom is 0.159 e. The van der Waals surface area contributed by atoms with Gasteiger partial charge in [0.05, 0.1) is 5.69 Å². The van der Waals surface area contributed by atoms with E-state index in [0.717, 1.165) is 5.69 Å². The van der Waals surface area contributed by atoms with Gasteiger partial charge in [0, 0.05) is 34.8 Å². The fraction of sp³-hybridized carbons (Fsp3) is 0.429. The van der Waals surface area contributed by atoms with Crippen LogP contribution in [0.5, 0.6) is 0 Å². The predicted octanol–water partition coefficient (Wildman–Crippen LogP) is 5.56. The molecular weight excluding hydrogens is 296 g/mol. The number of aryl methyl sites for hydroxylation is 1. The molecule has 1 fully saturated rings. The van der Waals surface area contributed by atoms with Gasteiger partial charge in [-0.2, -0.15) is 0 Å². The van der Waals surface area contributed by atoms with E-state index in [1.54, 1.807) is 6.92 Å². The zero-order valence-corrected chi connectivity index (χ0v) is 14.9. The van der Waals surface area contributed by atoms with Gasteiger partial charge in [-0.3, -0.25) is 9.79 Å². The molecule has 126 valence electrons. The van der Waals surface area contributed by atoms with Crippen LogP contribution in [0.15, 0.2) is 35.3 Å². The van der Waals surface area contributed by atoms with Gasteiger partial charge in [-0.25, -0.2) is 0 Å². The topological polar surface area (TPSA) is 34.4 Å². The van der Waals surface area contributed by atoms with Crippen LogP contribution in [0, 0.1) is 13.8 Å². The van der Waals surface area contributed by atoms with Gasteiger partial charge in [0.2, 0.25) is 0 Å². The molecule has 3 rings (SSSR count). The second-order valence-electron chi connectivity index (χ2n) is 6.85. The van der Waals surface area contributed by atoms with Crippen LogP contribution in [0.25, 0.3) is 0 Å². The molecule has 0 amide bonds. The van der Waals surface area contributed by atoms with Crippen molar-refractivity contribution in [3.05, 3.63) is 52.8 Å². The lowest BCUT2D eigenvalue weighted by atomic mass is 9.95. The first-order chi connectivity index (χ1) is 11.6. The summed E-state index contributed by atoms with van der Waals surface area (Å²) >= 11 is 0. The van der Waals surface area contributed by atoms with Crippen LogP contribution in [-0.4, -0.2) is 16.6 Å². The molecular formula is C21H26N2O. The Hall–Kier alpha value is -2.16. The second kappa shape index (κ2) is 7.16. The highest BCUT2D eigenvalue weighted by Gasteiger charge is 2.19. The fourth-order valence-electron chi connectivity index (χ4n) is 3.78. The minimum Gasteiger partial charge on any atom is -0.345 e. The van der Waals surface area contributed by atoms with Crippen LogP contribution >= 0.6 is 0 Å². The van der Waals surface area contributed by atoms with E-state index >= 15 is 0 Å². The smallest absolute Gasteiger partial charge is 0.159 e. The lowest BCUT2D eigenvalue weighted by molar-refractivity contribution is 0.101. The third kappa shape index (κ3) is 3.50. The molecule has 1 aliphatic rings. The summed E-state index contributed by atoms with van der Waals surface area (Å²) in [5, 5.41) is 0. The number of benzene rings is 1. The summed E-state index contributed by atoms with van der Waals surface area (Å²) in [6.07, 6.45) is 8.55. The maximum atomic E-state index is 11.5. The minimum absolute atomic E-state index is 0.0718. The van der Waals surface area contributed by atoms with Gasteiger partial charge < -0.3 is 4.57 Å². The van der Waals surface area contributed by atoms with Crippen LogP contribution < -0.4 is 0 Å². The van der Waals surface area contributed by atoms with E-state index < -0.39 is 0 Å². The third-order valence-corrected chi connectivity index (χ3v) is 5.07. The Labute approximate surface area is 144 Å². The molecule has 1 saturated carbocycles. The first-order valence-corrected chi connectivity index (χ1v) is 8.90. The largest absolute Gasteiger partial charge is 0.345 e. The van der Waals surface area contributed by atoms with Crippen molar-refractivity contribution in [2.75, 3.05) is 0 Å². The highest BCUT2D eigenvalue weighted by molar-refractivity contribution is 5.95. The van der Waals surface area contributed by atoms with E-state index in [0.29, 0.717) is 11.6 Å². The molecule has 1 heterocycles. The maximum absolute atomic E-state index is 11.5. The second-order valence-corrected chi connectivity index (χ2v) is 6.85. The van der Waals surface area contributed by atoms with Crippen LogP contribution in [0.3, 0.4) is 0 Å². The van der Waals surface area contributed by atoms with Crippen molar-refractivity contribution in [3.63, 3.8) is 0 Å². The summed E-state index contributed by atoms with van der Waals surface area (Å²) in [6.45, 7) is 5.96. The Morgan fingerprint density at radius 3 is 2.62 bits per heavy atom. The molecule has 3 nitrogen and oxygen atoms in total. The van der Waals surface area contributed by atoms with Crippen molar-refractivity contribution in [2.45, 2.75) is 58.9 Å². The number of Topliss-reactive ketones (excluding diaryl/α,β-unsaturated/α-hetero) is 1. The van der Waals surface area contributed by atoms with Crippen LogP contribution in [0.4, 0.5) is 5.69 Å². The summed E-state index contributed by atoms with van der Waals surface area (Å²) in [5.41, 5.74) is 5.32. The van der Waals surface area contributed by atoms with Gasteiger partial charge in [-0.15, -0.1) is 0 Å². The Morgan fingerprint density at radius 1 is 1.17 bits per heavy atom. The summed E-state index contributed by atoms with van der Waals surface area (Å²) in [7, 11) is 0. The molecule has 1 aromatic heterocycles. The van der Waals surface area contributed by atoms with E-state index in [9.17, 15) is 4.79 Å². The highest BCUT2D eigenvalue weighted by atomic mass is 16.1. The van der Waals surface area contributed by atoms with E-state index in [4.69, 9.17) is 0 Å². The number of carbonyl (C=O) groups excluding carboxylic acids is 1. The fourth-order valence-corrected chi connectivity index (χ4v) is 3.78. The summed E-state index contributed by atoms with van der Waals surface area (Å²) in [5.74, 6) is 0.0718. The first kappa shape index (κ1) is 16.7. The monoisotopic (exact) mass is 322 g/mol. The molecule has 1 aromatic carbocycles. The van der Waals surface area contributed by atoms with Gasteiger partial charge in [0.25, 0.3) is 0 Å². The predicted molar refractivity (Wildman–Crippen MR) is 99.7 cm³/mol. The normalized spacial score (nSPS) is 16.0. The van der Waals surface area contributed by atoms with Gasteiger partial charge in [-0.1, -0.05) is 31.4 Å². The molecule has 0 atom stereocenters. The van der Waals surface area contributed by atoms with Crippen molar-refractivity contribution < 1.29 is 4.79 Å². The van der Waals surface area contributed by atoms with E-state index in [1.807, 2.05) is 30.5 Å². The highest BCUT2D eigenvalue weighted by Crippen LogP contribution is 2.32. The average molecular weight is 322 g/mol. The van der Waals surface area contributed by atoms with E-state index in [1.165, 1.54) is 49.1 Å². The van der Waals surface area contributed by atoms with Crippen molar-refractivity contribution >= 4 is 17.7 Å². The summed E-state index contributed by atoms with van der Waals surface area (Å²) < 4.78 is 2.49. The number of hydrogen-bond donors (Lipinski definition) is 0. The van der Waals surface area contributed by atoms with Crippen LogP contribution in [-0.2, 0) is 0 Å². The number of carbonyl (C=O) groups is 1. The standard InChI is InChI=1S/C21H26N2O/c1-15-12-19(16(2)23(15)21-10-5-4-6-11-21)14-22-20-9-7-8-18(13-20)17(3)24/h7-9,12-14,21H,4-6,10-11H2,1-3H3. The number of aliphatic imine (C=N–C) groups is 1. The van der Waals surface area contributed by atoms with Gasteiger partial charge in [0.1, 0.15) is 0 Å². The zero-order valence-electron chi connectivity index (χ0n) is 14.9. The van der Waals surface area contributed by atoms with Gasteiger partial charge >= 0.3 is 0 Å². The van der Waals surface area contributed by atoms with Crippen LogP contribution in [0.1, 0.15) is 72.4 Å². The Bertz CT molecular complexity index is 764. The van der Waals surface area contributed by atoms with E-state index in [-0.39, 0.29) is 5.78 Å². The van der Waals surface area contributed by atoms with Crippen molar-refractivity contribution in [1.82, 2.24) is 4.57 Å². The van der Waals surface area contributed by atoms with Crippen molar-refractivity contribution in [1.29, 1.82) is 0 Å². The van der Waals surface area contributed by atoms with Crippen LogP contribution in [0.2, 0.25) is 0 Å². The van der Waals surface area contributed by atoms with E-state index in [2.05, 4.69) is 29.5 Å². The molecule has 0 unspecified atom stereocenters. The number of hydrogen-bond acceptors (Lipinski definition) is 2. The van der Waals surface area contributed by atoms with Crippen molar-refractivity contribution in [3.8, 4) is 0 Å². The Balaban J connectivity index is 1.85. The zero-order chi connectivity index (χ0) is 17.1. The molecule has 3 heteroatoms. The van der Waals surface area contributed by atoms with Gasteiger partial charge in [0.15, 0.2) is 5.78 Å². The SMILES string of the molecule is CC(=O)c1cccc(N=Cc2cc(C)n(C3CCCCC3)c2C)c1. The molecule has 0 bridgehead atoms. The summed E-state index contributed by atoms with van der Waals surface area (Å²) in [4.78, 5) is 16.1. The molecule has 0 saturated heterocycles. The molecule has 0 aliphatic heterocycles. The Morgan fingerprint density at radius 2 is 1.92 bits per heavy atom. The Kier molecular flexibility index (Phi) is 4.98. The molecule has 0 N–H and O–H groups in total. The minimum atomic E-state index is 0.0718. The van der Waals surface area contributed by atoms with Crippen molar-refractivity contribution in [2.24, 2.45) is 4.99 Å². The lowest BCUT2D eigenvalue weighted by Crippen LogP contribution is -2.15. The van der Waals surface area contributed by atoms with Gasteiger partial charge in [-0.05, 0) is 51.8 Å². The average Bonchev–Trinajstić information content (AvgIpc) is 2.88. The molecule has 1 aliphatic carbocycles. The number of rotatable bonds is 4. The molecule has 24 heavy (non-hydrogen) atoms. The molecule has 0 radical (unpaired) electrons. The number of aromatic nitrogens is 1. The third-order valence-electron chi connectivity index (χ3n) is 5.07. The molecule has 0 spiro atoms. The summed E-state index contributed by atoms with van der Waals surface area (Å²) in [6, 6.07) is 10.4. The quantitative estimate of drug-likeness (QED) is 0.536. The number of ketones is 1. The first-order valence-electron chi connectivity index (χ1n) is 8.90. The molecule has 2 aromatic rings. The lowest BCUT2D eigenvalue weighted by Gasteiger charge is -2.26.